The molecule has 0 radical (unpaired) electrons. The molecule has 2 N–H and O–H groups in total. The zero-order valence-electron chi connectivity index (χ0n) is 15.0. The Balaban J connectivity index is 1.31. The molecule has 0 aromatic heterocycles. The van der Waals surface area contributed by atoms with Crippen molar-refractivity contribution in [2.45, 2.75) is 69.1 Å². The molecule has 3 rings (SSSR count). The lowest BCUT2D eigenvalue weighted by atomic mass is 10.0. The minimum absolute atomic E-state index is 0.406. The first-order valence-electron chi connectivity index (χ1n) is 9.73. The molecule has 1 aromatic rings. The van der Waals surface area contributed by atoms with Crippen molar-refractivity contribution in [3.8, 4) is 5.75 Å². The van der Waals surface area contributed by atoms with E-state index in [1.165, 1.54) is 57.8 Å². The van der Waals surface area contributed by atoms with Gasteiger partial charge in [0.1, 0.15) is 5.75 Å². The van der Waals surface area contributed by atoms with Crippen LogP contribution in [-0.4, -0.2) is 28.8 Å². The van der Waals surface area contributed by atoms with Crippen LogP contribution in [0.2, 0.25) is 0 Å². The Labute approximate surface area is 161 Å². The topological polar surface area (TPSA) is 33.3 Å². The third-order valence-corrected chi connectivity index (χ3v) is 6.64. The van der Waals surface area contributed by atoms with Crippen LogP contribution in [-0.2, 0) is 0 Å². The molecule has 1 aromatic carbocycles. The van der Waals surface area contributed by atoms with Crippen molar-refractivity contribution >= 4 is 34.8 Å². The van der Waals surface area contributed by atoms with Gasteiger partial charge in [-0.15, -0.1) is 0 Å². The largest absolute Gasteiger partial charge is 0.490 e. The van der Waals surface area contributed by atoms with Gasteiger partial charge >= 0.3 is 0 Å². The second-order valence-corrected chi connectivity index (χ2v) is 8.88. The van der Waals surface area contributed by atoms with Crippen LogP contribution in [0.5, 0.6) is 5.75 Å². The quantitative estimate of drug-likeness (QED) is 0.493. The van der Waals surface area contributed by atoms with Crippen LogP contribution >= 0.6 is 24.0 Å². The van der Waals surface area contributed by atoms with Crippen LogP contribution in [0.4, 0.5) is 5.69 Å². The van der Waals surface area contributed by atoms with Gasteiger partial charge in [0.25, 0.3) is 0 Å². The summed E-state index contributed by atoms with van der Waals surface area (Å²) in [5, 5.41) is 8.14. The molecule has 2 aliphatic carbocycles. The van der Waals surface area contributed by atoms with E-state index in [0.717, 1.165) is 29.0 Å². The van der Waals surface area contributed by atoms with Crippen molar-refractivity contribution in [1.29, 1.82) is 0 Å². The van der Waals surface area contributed by atoms with E-state index in [9.17, 15) is 0 Å². The summed E-state index contributed by atoms with van der Waals surface area (Å²) in [7, 11) is 0. The van der Waals surface area contributed by atoms with Gasteiger partial charge in [0, 0.05) is 23.2 Å². The molecule has 0 atom stereocenters. The number of anilines is 1. The van der Waals surface area contributed by atoms with E-state index in [4.69, 9.17) is 17.0 Å². The maximum atomic E-state index is 5.99. The third-order valence-electron chi connectivity index (χ3n) is 5.01. The van der Waals surface area contributed by atoms with Crippen LogP contribution in [0.3, 0.4) is 0 Å². The Kier molecular flexibility index (Phi) is 7.74. The molecule has 3 nitrogen and oxygen atoms in total. The van der Waals surface area contributed by atoms with Gasteiger partial charge in [0.05, 0.1) is 6.10 Å². The average Bonchev–Trinajstić information content (AvgIpc) is 3.14. The normalized spacial score (nSPS) is 18.9. The first kappa shape index (κ1) is 18.8. The fraction of sp³-hybridized carbons (Fsp3) is 0.650. The first-order valence-corrected chi connectivity index (χ1v) is 11.2. The Morgan fingerprint density at radius 1 is 1.00 bits per heavy atom. The van der Waals surface area contributed by atoms with E-state index in [0.29, 0.717) is 11.2 Å². The molecule has 0 heterocycles. The van der Waals surface area contributed by atoms with Crippen molar-refractivity contribution in [3.63, 3.8) is 0 Å². The molecule has 0 saturated heterocycles. The Hall–Kier alpha value is -0.940. The smallest absolute Gasteiger partial charge is 0.170 e. The van der Waals surface area contributed by atoms with E-state index in [1.54, 1.807) is 0 Å². The maximum Gasteiger partial charge on any atom is 0.170 e. The number of thiocarbonyl (C=S) groups is 1. The van der Waals surface area contributed by atoms with E-state index in [1.807, 2.05) is 24.3 Å². The summed E-state index contributed by atoms with van der Waals surface area (Å²) in [5.41, 5.74) is 1.01. The summed E-state index contributed by atoms with van der Waals surface area (Å²) in [4.78, 5) is 0. The van der Waals surface area contributed by atoms with Crippen molar-refractivity contribution in [2.24, 2.45) is 0 Å². The highest BCUT2D eigenvalue weighted by molar-refractivity contribution is 7.99. The van der Waals surface area contributed by atoms with Gasteiger partial charge < -0.3 is 15.4 Å². The summed E-state index contributed by atoms with van der Waals surface area (Å²) in [5.74, 6) is 2.08. The number of thioether (sulfide) groups is 1. The fourth-order valence-corrected chi connectivity index (χ4v) is 5.05. The summed E-state index contributed by atoms with van der Waals surface area (Å²) < 4.78 is 5.99. The molecular weight excluding hydrogens is 348 g/mol. The second-order valence-electron chi connectivity index (χ2n) is 7.06. The molecule has 0 bridgehead atoms. The molecule has 138 valence electrons. The zero-order chi connectivity index (χ0) is 17.3. The van der Waals surface area contributed by atoms with Crippen LogP contribution in [0.15, 0.2) is 24.3 Å². The average molecular weight is 379 g/mol. The Bertz CT molecular complexity index is 523. The number of rotatable bonds is 7. The molecular formula is C20H30N2OS2. The summed E-state index contributed by atoms with van der Waals surface area (Å²) >= 11 is 7.49. The first-order chi connectivity index (χ1) is 12.3. The SMILES string of the molecule is S=C(NCCSC1CCCCC1)Nc1ccc(OC2CCCC2)cc1. The highest BCUT2D eigenvalue weighted by Gasteiger charge is 2.16. The van der Waals surface area contributed by atoms with Crippen molar-refractivity contribution < 1.29 is 4.74 Å². The van der Waals surface area contributed by atoms with Crippen LogP contribution in [0.25, 0.3) is 0 Å². The Morgan fingerprint density at radius 3 is 2.40 bits per heavy atom. The van der Waals surface area contributed by atoms with E-state index in [-0.39, 0.29) is 0 Å². The zero-order valence-corrected chi connectivity index (χ0v) is 16.6. The van der Waals surface area contributed by atoms with Crippen molar-refractivity contribution in [1.82, 2.24) is 5.32 Å². The highest BCUT2D eigenvalue weighted by atomic mass is 32.2. The van der Waals surface area contributed by atoms with Crippen LogP contribution < -0.4 is 15.4 Å². The molecule has 2 aliphatic rings. The van der Waals surface area contributed by atoms with Gasteiger partial charge in [0.15, 0.2) is 5.11 Å². The van der Waals surface area contributed by atoms with Gasteiger partial charge in [0.2, 0.25) is 0 Å². The number of benzene rings is 1. The minimum atomic E-state index is 0.406. The number of hydrogen-bond acceptors (Lipinski definition) is 3. The molecule has 25 heavy (non-hydrogen) atoms. The standard InChI is InChI=1S/C20H30N2OS2/c24-20(21-14-15-25-19-8-2-1-3-9-19)22-16-10-12-18(13-11-16)23-17-6-4-5-7-17/h10-13,17,19H,1-9,14-15H2,(H2,21,22,24). The van der Waals surface area contributed by atoms with E-state index >= 15 is 0 Å². The van der Waals surface area contributed by atoms with Gasteiger partial charge in [-0.2, -0.15) is 11.8 Å². The van der Waals surface area contributed by atoms with Crippen LogP contribution in [0, 0.1) is 0 Å². The van der Waals surface area contributed by atoms with Gasteiger partial charge in [-0.25, -0.2) is 0 Å². The predicted molar refractivity (Wildman–Crippen MR) is 113 cm³/mol. The summed E-state index contributed by atoms with van der Waals surface area (Å²) in [6.07, 6.45) is 12.4. The molecule has 5 heteroatoms. The lowest BCUT2D eigenvalue weighted by molar-refractivity contribution is 0.210. The fourth-order valence-electron chi connectivity index (χ4n) is 3.61. The monoisotopic (exact) mass is 378 g/mol. The molecule has 0 amide bonds. The van der Waals surface area contributed by atoms with E-state index < -0.39 is 0 Å². The van der Waals surface area contributed by atoms with Gasteiger partial charge in [-0.05, 0) is 75.0 Å². The maximum absolute atomic E-state index is 5.99. The number of ether oxygens (including phenoxy) is 1. The molecule has 0 unspecified atom stereocenters. The second kappa shape index (κ2) is 10.3. The van der Waals surface area contributed by atoms with Crippen LogP contribution in [0.1, 0.15) is 57.8 Å². The molecule has 0 aliphatic heterocycles. The van der Waals surface area contributed by atoms with Gasteiger partial charge in [-0.3, -0.25) is 0 Å². The molecule has 2 fully saturated rings. The predicted octanol–water partition coefficient (Wildman–Crippen LogP) is 5.36. The summed E-state index contributed by atoms with van der Waals surface area (Å²) in [6, 6.07) is 8.13. The summed E-state index contributed by atoms with van der Waals surface area (Å²) in [6.45, 7) is 0.926. The third kappa shape index (κ3) is 6.70. The van der Waals surface area contributed by atoms with Crippen molar-refractivity contribution in [3.05, 3.63) is 24.3 Å². The number of nitrogens with one attached hydrogen (secondary N) is 2. The highest BCUT2D eigenvalue weighted by Crippen LogP contribution is 2.28. The number of hydrogen-bond donors (Lipinski definition) is 2. The lowest BCUT2D eigenvalue weighted by Crippen LogP contribution is -2.30. The minimum Gasteiger partial charge on any atom is -0.490 e. The van der Waals surface area contributed by atoms with Gasteiger partial charge in [-0.1, -0.05) is 19.3 Å². The molecule has 0 spiro atoms. The molecule has 2 saturated carbocycles. The van der Waals surface area contributed by atoms with E-state index in [2.05, 4.69) is 22.4 Å². The Morgan fingerprint density at radius 2 is 1.68 bits per heavy atom. The van der Waals surface area contributed by atoms with Crippen molar-refractivity contribution in [2.75, 3.05) is 17.6 Å². The lowest BCUT2D eigenvalue weighted by Gasteiger charge is -2.21.